The number of hydrogen-bond acceptors (Lipinski definition) is 3. The molecule has 0 saturated heterocycles. The molecule has 0 aliphatic carbocycles. The van der Waals surface area contributed by atoms with E-state index >= 15 is 0 Å². The molecule has 2 rings (SSSR count). The Balaban J connectivity index is 2.11. The van der Waals surface area contributed by atoms with Gasteiger partial charge in [0.05, 0.1) is 23.8 Å². The van der Waals surface area contributed by atoms with Gasteiger partial charge >= 0.3 is 0 Å². The number of pyridine rings is 1. The summed E-state index contributed by atoms with van der Waals surface area (Å²) in [6, 6.07) is 7.05. The van der Waals surface area contributed by atoms with Crippen LogP contribution in [0, 0.1) is 12.7 Å². The normalized spacial score (nSPS) is 10.3. The van der Waals surface area contributed by atoms with E-state index < -0.39 is 0 Å². The maximum Gasteiger partial charge on any atom is 0.128 e. The molecule has 0 spiro atoms. The third-order valence-electron chi connectivity index (χ3n) is 2.78. The Labute approximate surface area is 112 Å². The van der Waals surface area contributed by atoms with Crippen molar-refractivity contribution in [2.45, 2.75) is 20.3 Å². The van der Waals surface area contributed by atoms with E-state index in [1.165, 1.54) is 6.07 Å². The molecular formula is C15H18FN3. The predicted molar refractivity (Wildman–Crippen MR) is 77.4 cm³/mol. The monoisotopic (exact) mass is 259 g/mol. The Bertz CT molecular complexity index is 555. The number of rotatable bonds is 5. The van der Waals surface area contributed by atoms with E-state index in [4.69, 9.17) is 0 Å². The first kappa shape index (κ1) is 13.3. The molecule has 1 aromatic carbocycles. The van der Waals surface area contributed by atoms with Gasteiger partial charge in [-0.3, -0.25) is 4.98 Å². The van der Waals surface area contributed by atoms with Gasteiger partial charge in [0.1, 0.15) is 5.82 Å². The van der Waals surface area contributed by atoms with Crippen molar-refractivity contribution in [3.63, 3.8) is 0 Å². The number of halogens is 1. The Morgan fingerprint density at radius 3 is 2.63 bits per heavy atom. The lowest BCUT2D eigenvalue weighted by molar-refractivity contribution is 0.619. The molecule has 1 aromatic heterocycles. The molecule has 2 aromatic rings. The molecule has 0 radical (unpaired) electrons. The van der Waals surface area contributed by atoms with E-state index in [9.17, 15) is 4.39 Å². The van der Waals surface area contributed by atoms with Crippen LogP contribution in [0.15, 0.2) is 36.7 Å². The maximum atomic E-state index is 13.5. The first-order valence-electron chi connectivity index (χ1n) is 6.41. The quantitative estimate of drug-likeness (QED) is 0.849. The van der Waals surface area contributed by atoms with Crippen LogP contribution in [-0.4, -0.2) is 11.5 Å². The summed E-state index contributed by atoms with van der Waals surface area (Å²) in [5.41, 5.74) is 3.16. The molecule has 0 amide bonds. The van der Waals surface area contributed by atoms with Crippen LogP contribution in [0.25, 0.3) is 0 Å². The number of anilines is 3. The number of benzene rings is 1. The Kier molecular flexibility index (Phi) is 4.34. The highest BCUT2D eigenvalue weighted by Gasteiger charge is 2.01. The van der Waals surface area contributed by atoms with Gasteiger partial charge in [-0.25, -0.2) is 4.39 Å². The summed E-state index contributed by atoms with van der Waals surface area (Å²) in [6.07, 6.45) is 4.55. The van der Waals surface area contributed by atoms with E-state index in [1.807, 2.05) is 12.1 Å². The number of nitrogens with zero attached hydrogens (tertiary/aromatic N) is 1. The molecule has 2 N–H and O–H groups in total. The second kappa shape index (κ2) is 6.18. The molecular weight excluding hydrogens is 241 g/mol. The van der Waals surface area contributed by atoms with Gasteiger partial charge in [-0.05, 0) is 37.1 Å². The minimum Gasteiger partial charge on any atom is -0.384 e. The van der Waals surface area contributed by atoms with Gasteiger partial charge in [0, 0.05) is 12.2 Å². The lowest BCUT2D eigenvalue weighted by Crippen LogP contribution is -2.01. The summed E-state index contributed by atoms with van der Waals surface area (Å²) in [6.45, 7) is 4.76. The summed E-state index contributed by atoms with van der Waals surface area (Å²) in [5, 5.41) is 6.41. The molecule has 3 nitrogen and oxygen atoms in total. The fraction of sp³-hybridized carbons (Fsp3) is 0.267. The SMILES string of the molecule is CCCNc1cncc(Nc2ccc(C)c(F)c2)c1. The number of aromatic nitrogens is 1. The Morgan fingerprint density at radius 2 is 1.89 bits per heavy atom. The van der Waals surface area contributed by atoms with E-state index in [-0.39, 0.29) is 5.82 Å². The van der Waals surface area contributed by atoms with Crippen molar-refractivity contribution in [2.75, 3.05) is 17.2 Å². The third-order valence-corrected chi connectivity index (χ3v) is 2.78. The summed E-state index contributed by atoms with van der Waals surface area (Å²) in [7, 11) is 0. The molecule has 0 unspecified atom stereocenters. The first-order chi connectivity index (χ1) is 9.19. The van der Waals surface area contributed by atoms with Crippen LogP contribution in [0.2, 0.25) is 0 Å². The van der Waals surface area contributed by atoms with Crippen molar-refractivity contribution < 1.29 is 4.39 Å². The largest absolute Gasteiger partial charge is 0.384 e. The number of nitrogens with one attached hydrogen (secondary N) is 2. The van der Waals surface area contributed by atoms with Crippen molar-refractivity contribution in [3.8, 4) is 0 Å². The van der Waals surface area contributed by atoms with Crippen LogP contribution >= 0.6 is 0 Å². The second-order valence-electron chi connectivity index (χ2n) is 4.48. The van der Waals surface area contributed by atoms with Crippen LogP contribution in [0.4, 0.5) is 21.5 Å². The fourth-order valence-electron chi connectivity index (χ4n) is 1.71. The minimum absolute atomic E-state index is 0.210. The van der Waals surface area contributed by atoms with Crippen LogP contribution in [0.3, 0.4) is 0 Å². The van der Waals surface area contributed by atoms with E-state index in [1.54, 1.807) is 25.4 Å². The van der Waals surface area contributed by atoms with Crippen molar-refractivity contribution in [1.29, 1.82) is 0 Å². The zero-order valence-electron chi connectivity index (χ0n) is 11.2. The first-order valence-corrected chi connectivity index (χ1v) is 6.41. The van der Waals surface area contributed by atoms with Crippen LogP contribution < -0.4 is 10.6 Å². The number of hydrogen-bond donors (Lipinski definition) is 2. The van der Waals surface area contributed by atoms with Gasteiger partial charge in [-0.2, -0.15) is 0 Å². The standard InChI is InChI=1S/C15H18FN3/c1-3-6-18-13-7-14(10-17-9-13)19-12-5-4-11(2)15(16)8-12/h4-5,7-10,18-19H,3,6H2,1-2H3. The predicted octanol–water partition coefficient (Wildman–Crippen LogP) is 4.09. The molecule has 1 heterocycles. The van der Waals surface area contributed by atoms with Crippen LogP contribution in [0.1, 0.15) is 18.9 Å². The second-order valence-corrected chi connectivity index (χ2v) is 4.48. The molecule has 100 valence electrons. The van der Waals surface area contributed by atoms with Crippen LogP contribution in [-0.2, 0) is 0 Å². The average Bonchev–Trinajstić information content (AvgIpc) is 2.41. The van der Waals surface area contributed by atoms with Crippen molar-refractivity contribution >= 4 is 17.1 Å². The van der Waals surface area contributed by atoms with Gasteiger partial charge in [0.15, 0.2) is 0 Å². The lowest BCUT2D eigenvalue weighted by Gasteiger charge is -2.09. The van der Waals surface area contributed by atoms with Crippen molar-refractivity contribution in [2.24, 2.45) is 0 Å². The highest BCUT2D eigenvalue weighted by molar-refractivity contribution is 5.63. The molecule has 4 heteroatoms. The summed E-state index contributed by atoms with van der Waals surface area (Å²) < 4.78 is 13.5. The zero-order chi connectivity index (χ0) is 13.7. The van der Waals surface area contributed by atoms with Crippen molar-refractivity contribution in [1.82, 2.24) is 4.98 Å². The minimum atomic E-state index is -0.210. The number of aryl methyl sites for hydroxylation is 1. The van der Waals surface area contributed by atoms with Crippen molar-refractivity contribution in [3.05, 3.63) is 48.0 Å². The molecule has 0 saturated carbocycles. The third kappa shape index (κ3) is 3.68. The molecule has 0 bridgehead atoms. The molecule has 0 aliphatic heterocycles. The average molecular weight is 259 g/mol. The topological polar surface area (TPSA) is 37.0 Å². The van der Waals surface area contributed by atoms with E-state index in [0.717, 1.165) is 30.0 Å². The van der Waals surface area contributed by atoms with E-state index in [2.05, 4.69) is 22.5 Å². The highest BCUT2D eigenvalue weighted by Crippen LogP contribution is 2.20. The maximum absolute atomic E-state index is 13.5. The smallest absolute Gasteiger partial charge is 0.128 e. The Morgan fingerprint density at radius 1 is 1.11 bits per heavy atom. The van der Waals surface area contributed by atoms with Crippen LogP contribution in [0.5, 0.6) is 0 Å². The molecule has 0 fully saturated rings. The Hall–Kier alpha value is -2.10. The summed E-state index contributed by atoms with van der Waals surface area (Å²) >= 11 is 0. The van der Waals surface area contributed by atoms with Gasteiger partial charge in [0.25, 0.3) is 0 Å². The van der Waals surface area contributed by atoms with Gasteiger partial charge < -0.3 is 10.6 Å². The lowest BCUT2D eigenvalue weighted by atomic mass is 10.2. The molecule has 0 atom stereocenters. The van der Waals surface area contributed by atoms with Gasteiger partial charge in [-0.1, -0.05) is 13.0 Å². The summed E-state index contributed by atoms with van der Waals surface area (Å²) in [5.74, 6) is -0.210. The van der Waals surface area contributed by atoms with E-state index in [0.29, 0.717) is 5.56 Å². The fourth-order valence-corrected chi connectivity index (χ4v) is 1.71. The molecule has 19 heavy (non-hydrogen) atoms. The van der Waals surface area contributed by atoms with Gasteiger partial charge in [-0.15, -0.1) is 0 Å². The highest BCUT2D eigenvalue weighted by atomic mass is 19.1. The van der Waals surface area contributed by atoms with Gasteiger partial charge in [0.2, 0.25) is 0 Å². The molecule has 0 aliphatic rings. The summed E-state index contributed by atoms with van der Waals surface area (Å²) in [4.78, 5) is 4.15. The zero-order valence-corrected chi connectivity index (χ0v) is 11.2.